The lowest BCUT2D eigenvalue weighted by Crippen LogP contribution is -2.32. The molecule has 0 aliphatic rings. The molecule has 3 N–H and O–H groups in total. The Morgan fingerprint density at radius 3 is 2.94 bits per heavy atom. The molecule has 0 fully saturated rings. The predicted octanol–water partition coefficient (Wildman–Crippen LogP) is -1.47. The third-order valence-corrected chi connectivity index (χ3v) is 1.79. The number of nitrogens with zero attached hydrogens (tertiary/aromatic N) is 3. The summed E-state index contributed by atoms with van der Waals surface area (Å²) in [6, 6.07) is 0. The molecule has 1 amide bonds. The van der Waals surface area contributed by atoms with Crippen molar-refractivity contribution >= 4 is 11.6 Å². The second-order valence-corrected chi connectivity index (χ2v) is 2.86. The third kappa shape index (κ3) is 2.85. The molecule has 0 saturated heterocycles. The van der Waals surface area contributed by atoms with E-state index in [1.54, 1.807) is 0 Å². The molecule has 1 heterocycles. The lowest BCUT2D eigenvalue weighted by atomic mass is 10.4. The molecule has 0 bridgehead atoms. The summed E-state index contributed by atoms with van der Waals surface area (Å²) in [5.74, 6) is 4.37. The Hall–Kier alpha value is -2.29. The normalized spacial score (nSPS) is 9.81. The minimum atomic E-state index is -0.675. The number of hydrogen-bond acceptors (Lipinski definition) is 6. The Kier molecular flexibility index (Phi) is 3.67. The van der Waals surface area contributed by atoms with Gasteiger partial charge in [-0.2, -0.15) is 4.98 Å². The summed E-state index contributed by atoms with van der Waals surface area (Å²) in [5.41, 5.74) is 0.914. The van der Waals surface area contributed by atoms with Gasteiger partial charge in [0.05, 0.1) is 11.1 Å². The van der Waals surface area contributed by atoms with E-state index in [-0.39, 0.29) is 18.7 Å². The fraction of sp³-hybridized carbons (Fsp3) is 0.286. The van der Waals surface area contributed by atoms with Crippen LogP contribution in [-0.4, -0.2) is 20.4 Å². The molecule has 16 heavy (non-hydrogen) atoms. The molecule has 1 aromatic rings. The largest absolute Gasteiger partial charge is 0.347 e. The summed E-state index contributed by atoms with van der Waals surface area (Å²) in [7, 11) is 0. The van der Waals surface area contributed by atoms with Gasteiger partial charge in [-0.05, 0) is 0 Å². The number of nitrogens with two attached hydrogens (primary N) is 1. The van der Waals surface area contributed by atoms with E-state index in [9.17, 15) is 19.7 Å². The predicted molar refractivity (Wildman–Crippen MR) is 52.1 cm³/mol. The highest BCUT2D eigenvalue weighted by Gasteiger charge is 2.09. The van der Waals surface area contributed by atoms with Gasteiger partial charge >= 0.3 is 11.4 Å². The maximum atomic E-state index is 11.2. The van der Waals surface area contributed by atoms with E-state index in [1.807, 2.05) is 5.43 Å². The minimum absolute atomic E-state index is 0.0173. The van der Waals surface area contributed by atoms with Crippen molar-refractivity contribution in [1.82, 2.24) is 15.0 Å². The Bertz CT molecular complexity index is 468. The maximum absolute atomic E-state index is 11.2. The van der Waals surface area contributed by atoms with Gasteiger partial charge in [0.15, 0.2) is 0 Å². The van der Waals surface area contributed by atoms with Crippen LogP contribution in [0.1, 0.15) is 6.42 Å². The number of hydrogen-bond donors (Lipinski definition) is 2. The summed E-state index contributed by atoms with van der Waals surface area (Å²) in [6.45, 7) is -0.0173. The average Bonchev–Trinajstić information content (AvgIpc) is 2.27. The molecule has 1 rings (SSSR count). The van der Waals surface area contributed by atoms with Crippen molar-refractivity contribution in [2.45, 2.75) is 13.0 Å². The molecule has 0 aliphatic heterocycles. The van der Waals surface area contributed by atoms with Crippen molar-refractivity contribution in [2.75, 3.05) is 0 Å². The van der Waals surface area contributed by atoms with Crippen LogP contribution in [0.3, 0.4) is 0 Å². The van der Waals surface area contributed by atoms with Gasteiger partial charge in [-0.3, -0.25) is 24.9 Å². The molecule has 0 atom stereocenters. The smallest absolute Gasteiger partial charge is 0.294 e. The number of aromatic nitrogens is 2. The number of nitrogens with one attached hydrogen (secondary N) is 1. The van der Waals surface area contributed by atoms with Gasteiger partial charge in [0.25, 0.3) is 0 Å². The number of nitro groups is 1. The number of carbonyl (C=O) groups is 1. The Morgan fingerprint density at radius 2 is 2.38 bits per heavy atom. The highest BCUT2D eigenvalue weighted by molar-refractivity contribution is 5.74. The third-order valence-electron chi connectivity index (χ3n) is 1.79. The minimum Gasteiger partial charge on any atom is -0.294 e. The van der Waals surface area contributed by atoms with Crippen LogP contribution in [0.4, 0.5) is 5.69 Å². The van der Waals surface area contributed by atoms with Crippen LogP contribution in [0.2, 0.25) is 0 Å². The van der Waals surface area contributed by atoms with E-state index in [4.69, 9.17) is 5.84 Å². The SMILES string of the molecule is NNC(=O)CCn1cc([N+](=O)[O-])cnc1=O. The first-order valence-electron chi connectivity index (χ1n) is 4.25. The van der Waals surface area contributed by atoms with Crippen molar-refractivity contribution in [2.24, 2.45) is 5.84 Å². The standard InChI is InChI=1S/C7H9N5O4/c8-10-6(13)1-2-11-4-5(12(15)16)3-9-7(11)14/h3-4H,1-2,8H2,(H,10,13). The Balaban J connectivity index is 2.86. The molecule has 0 aliphatic carbocycles. The molecular weight excluding hydrogens is 218 g/mol. The maximum Gasteiger partial charge on any atom is 0.347 e. The van der Waals surface area contributed by atoms with E-state index < -0.39 is 16.5 Å². The highest BCUT2D eigenvalue weighted by atomic mass is 16.6. The second kappa shape index (κ2) is 4.98. The zero-order valence-electron chi connectivity index (χ0n) is 8.12. The van der Waals surface area contributed by atoms with Crippen LogP contribution in [0.5, 0.6) is 0 Å². The number of hydrazine groups is 1. The molecule has 0 spiro atoms. The molecule has 0 saturated carbocycles. The van der Waals surface area contributed by atoms with E-state index in [0.29, 0.717) is 0 Å². The Morgan fingerprint density at radius 1 is 1.69 bits per heavy atom. The number of aryl methyl sites for hydroxylation is 1. The van der Waals surface area contributed by atoms with Gasteiger partial charge in [-0.15, -0.1) is 0 Å². The number of amides is 1. The summed E-state index contributed by atoms with van der Waals surface area (Å²) in [4.78, 5) is 35.0. The fourth-order valence-electron chi connectivity index (χ4n) is 0.992. The van der Waals surface area contributed by atoms with E-state index in [0.717, 1.165) is 17.0 Å². The quantitative estimate of drug-likeness (QED) is 0.279. The summed E-state index contributed by atoms with van der Waals surface area (Å²) in [6.07, 6.45) is 1.83. The fourth-order valence-corrected chi connectivity index (χ4v) is 0.992. The number of carbonyl (C=O) groups excluding carboxylic acids is 1. The highest BCUT2D eigenvalue weighted by Crippen LogP contribution is 2.04. The van der Waals surface area contributed by atoms with Crippen molar-refractivity contribution in [3.8, 4) is 0 Å². The van der Waals surface area contributed by atoms with Crippen LogP contribution >= 0.6 is 0 Å². The summed E-state index contributed by atoms with van der Waals surface area (Å²) < 4.78 is 0.980. The molecule has 0 unspecified atom stereocenters. The summed E-state index contributed by atoms with van der Waals surface area (Å²) in [5, 5.41) is 10.4. The molecular formula is C7H9N5O4. The topological polar surface area (TPSA) is 133 Å². The molecule has 86 valence electrons. The van der Waals surface area contributed by atoms with E-state index in [1.165, 1.54) is 0 Å². The second-order valence-electron chi connectivity index (χ2n) is 2.86. The van der Waals surface area contributed by atoms with E-state index >= 15 is 0 Å². The molecule has 0 aromatic carbocycles. The Labute approximate surface area is 89.0 Å². The van der Waals surface area contributed by atoms with Gasteiger partial charge < -0.3 is 0 Å². The van der Waals surface area contributed by atoms with Gasteiger partial charge in [0, 0.05) is 13.0 Å². The van der Waals surface area contributed by atoms with Crippen molar-refractivity contribution in [3.05, 3.63) is 33.0 Å². The van der Waals surface area contributed by atoms with Gasteiger partial charge in [0.2, 0.25) is 5.91 Å². The van der Waals surface area contributed by atoms with Crippen LogP contribution in [0, 0.1) is 10.1 Å². The van der Waals surface area contributed by atoms with E-state index in [2.05, 4.69) is 4.98 Å². The lowest BCUT2D eigenvalue weighted by Gasteiger charge is -2.03. The molecule has 9 nitrogen and oxygen atoms in total. The van der Waals surface area contributed by atoms with Crippen molar-refractivity contribution in [1.29, 1.82) is 0 Å². The van der Waals surface area contributed by atoms with Crippen LogP contribution in [0.25, 0.3) is 0 Å². The van der Waals surface area contributed by atoms with Crippen molar-refractivity contribution < 1.29 is 9.72 Å². The first-order chi connectivity index (χ1) is 7.54. The van der Waals surface area contributed by atoms with Gasteiger partial charge in [-0.25, -0.2) is 10.6 Å². The molecule has 0 radical (unpaired) electrons. The first kappa shape index (κ1) is 11.8. The zero-order valence-corrected chi connectivity index (χ0v) is 8.12. The average molecular weight is 227 g/mol. The number of rotatable bonds is 4. The van der Waals surface area contributed by atoms with Gasteiger partial charge in [0.1, 0.15) is 6.20 Å². The monoisotopic (exact) mass is 227 g/mol. The zero-order chi connectivity index (χ0) is 12.1. The summed E-state index contributed by atoms with van der Waals surface area (Å²) >= 11 is 0. The van der Waals surface area contributed by atoms with Crippen LogP contribution in [-0.2, 0) is 11.3 Å². The lowest BCUT2D eigenvalue weighted by molar-refractivity contribution is -0.385. The van der Waals surface area contributed by atoms with Crippen molar-refractivity contribution in [3.63, 3.8) is 0 Å². The molecule has 9 heteroatoms. The van der Waals surface area contributed by atoms with Crippen LogP contribution < -0.4 is 17.0 Å². The van der Waals surface area contributed by atoms with Gasteiger partial charge in [-0.1, -0.05) is 0 Å². The molecule has 1 aromatic heterocycles. The van der Waals surface area contributed by atoms with Crippen LogP contribution in [0.15, 0.2) is 17.2 Å². The first-order valence-corrected chi connectivity index (χ1v) is 4.25.